The summed E-state index contributed by atoms with van der Waals surface area (Å²) in [7, 11) is 0. The van der Waals surface area contributed by atoms with E-state index in [1.807, 2.05) is 29.9 Å². The van der Waals surface area contributed by atoms with Gasteiger partial charge in [-0.05, 0) is 13.8 Å². The molecule has 3 aromatic heterocycles. The van der Waals surface area contributed by atoms with E-state index >= 15 is 0 Å². The van der Waals surface area contributed by atoms with Crippen LogP contribution >= 0.6 is 0 Å². The van der Waals surface area contributed by atoms with Gasteiger partial charge in [0.1, 0.15) is 5.69 Å². The van der Waals surface area contributed by atoms with Crippen molar-refractivity contribution in [3.8, 4) is 11.3 Å². The Morgan fingerprint density at radius 1 is 1.10 bits per heavy atom. The maximum atomic E-state index is 5.56. The van der Waals surface area contributed by atoms with Crippen LogP contribution in [-0.4, -0.2) is 19.9 Å². The third-order valence-corrected chi connectivity index (χ3v) is 3.72. The number of nitrogens with zero attached hydrogens (tertiary/aromatic N) is 4. The van der Waals surface area contributed by atoms with Gasteiger partial charge >= 0.3 is 0 Å². The fourth-order valence-corrected chi connectivity index (χ4v) is 2.56. The van der Waals surface area contributed by atoms with Gasteiger partial charge in [0.05, 0.1) is 17.0 Å². The molecule has 5 heteroatoms. The predicted octanol–water partition coefficient (Wildman–Crippen LogP) is 3.57. The number of pyridine rings is 1. The van der Waals surface area contributed by atoms with Crippen molar-refractivity contribution in [2.24, 2.45) is 0 Å². The second kappa shape index (κ2) is 4.41. The van der Waals surface area contributed by atoms with Gasteiger partial charge in [-0.15, -0.1) is 0 Å². The molecule has 4 rings (SSSR count). The molecule has 3 heterocycles. The summed E-state index contributed by atoms with van der Waals surface area (Å²) in [5, 5.41) is 10.4. The van der Waals surface area contributed by atoms with E-state index in [2.05, 4.69) is 34.3 Å². The van der Waals surface area contributed by atoms with E-state index < -0.39 is 0 Å². The smallest absolute Gasteiger partial charge is 0.181 e. The highest BCUT2D eigenvalue weighted by Crippen LogP contribution is 2.31. The van der Waals surface area contributed by atoms with Gasteiger partial charge in [-0.3, -0.25) is 0 Å². The van der Waals surface area contributed by atoms with Crippen molar-refractivity contribution in [3.05, 3.63) is 42.2 Å². The molecule has 21 heavy (non-hydrogen) atoms. The first-order valence-electron chi connectivity index (χ1n) is 6.95. The van der Waals surface area contributed by atoms with E-state index in [4.69, 9.17) is 4.52 Å². The van der Waals surface area contributed by atoms with Crippen LogP contribution in [0.1, 0.15) is 12.5 Å². The van der Waals surface area contributed by atoms with E-state index in [0.717, 1.165) is 39.8 Å². The van der Waals surface area contributed by atoms with E-state index in [1.54, 1.807) is 6.20 Å². The van der Waals surface area contributed by atoms with Crippen LogP contribution in [0.25, 0.3) is 33.3 Å². The molecule has 104 valence electrons. The normalized spacial score (nSPS) is 11.5. The first-order chi connectivity index (χ1) is 10.3. The number of fused-ring (bicyclic) bond motifs is 3. The lowest BCUT2D eigenvalue weighted by Gasteiger charge is -1.99. The average Bonchev–Trinajstić information content (AvgIpc) is 3.11. The summed E-state index contributed by atoms with van der Waals surface area (Å²) in [6.07, 6.45) is 3.61. The Morgan fingerprint density at radius 2 is 1.90 bits per heavy atom. The third-order valence-electron chi connectivity index (χ3n) is 3.72. The highest BCUT2D eigenvalue weighted by molar-refractivity contribution is 6.05. The molecule has 0 fully saturated rings. The van der Waals surface area contributed by atoms with Crippen LogP contribution in [0.2, 0.25) is 0 Å². The van der Waals surface area contributed by atoms with Crippen LogP contribution in [0.5, 0.6) is 0 Å². The maximum absolute atomic E-state index is 5.56. The highest BCUT2D eigenvalue weighted by Gasteiger charge is 2.16. The second-order valence-corrected chi connectivity index (χ2v) is 5.10. The molecule has 0 N–H and O–H groups in total. The Kier molecular flexibility index (Phi) is 2.54. The minimum absolute atomic E-state index is 0.746. The molecule has 0 atom stereocenters. The Hall–Kier alpha value is -2.69. The fourth-order valence-electron chi connectivity index (χ4n) is 2.56. The van der Waals surface area contributed by atoms with Crippen molar-refractivity contribution in [2.75, 3.05) is 0 Å². The maximum Gasteiger partial charge on any atom is 0.181 e. The predicted molar refractivity (Wildman–Crippen MR) is 80.9 cm³/mol. The summed E-state index contributed by atoms with van der Waals surface area (Å²) >= 11 is 0. The Morgan fingerprint density at radius 3 is 2.67 bits per heavy atom. The molecule has 0 aliphatic heterocycles. The summed E-state index contributed by atoms with van der Waals surface area (Å²) in [5.41, 5.74) is 4.65. The molecule has 0 spiro atoms. The first-order valence-corrected chi connectivity index (χ1v) is 6.95. The average molecular weight is 278 g/mol. The number of aryl methyl sites for hydroxylation is 2. The Labute approximate surface area is 121 Å². The molecule has 0 saturated heterocycles. The van der Waals surface area contributed by atoms with Gasteiger partial charge < -0.3 is 4.52 Å². The molecular formula is C16H14N4O. The minimum Gasteiger partial charge on any atom is -0.355 e. The van der Waals surface area contributed by atoms with E-state index in [-0.39, 0.29) is 0 Å². The molecule has 0 bridgehead atoms. The lowest BCUT2D eigenvalue weighted by molar-refractivity contribution is 0.461. The molecule has 0 aliphatic rings. The van der Waals surface area contributed by atoms with E-state index in [0.29, 0.717) is 0 Å². The minimum atomic E-state index is 0.746. The zero-order valence-corrected chi connectivity index (χ0v) is 11.9. The Bertz CT molecular complexity index is 934. The molecule has 0 radical (unpaired) electrons. The van der Waals surface area contributed by atoms with E-state index in [9.17, 15) is 0 Å². The number of hydrogen-bond donors (Lipinski definition) is 0. The summed E-state index contributed by atoms with van der Waals surface area (Å²) < 4.78 is 7.41. The SMILES string of the molecule is CCn1ncc2c3onc(-c4ccc(C)cc4)c3cnc21. The fraction of sp³-hybridized carbons (Fsp3) is 0.188. The topological polar surface area (TPSA) is 56.7 Å². The zero-order chi connectivity index (χ0) is 14.4. The summed E-state index contributed by atoms with van der Waals surface area (Å²) in [6, 6.07) is 8.23. The molecule has 0 saturated carbocycles. The van der Waals surface area contributed by atoms with Crippen LogP contribution in [0.3, 0.4) is 0 Å². The monoisotopic (exact) mass is 278 g/mol. The van der Waals surface area contributed by atoms with Gasteiger partial charge in [0.15, 0.2) is 11.2 Å². The standard InChI is InChI=1S/C16H14N4O/c1-3-20-16-13(9-18-20)15-12(8-17-16)14(19-21-15)11-6-4-10(2)5-7-11/h4-9H,3H2,1-2H3. The van der Waals surface area contributed by atoms with Crippen molar-refractivity contribution in [2.45, 2.75) is 20.4 Å². The molecule has 5 nitrogen and oxygen atoms in total. The van der Waals surface area contributed by atoms with Gasteiger partial charge in [0, 0.05) is 18.3 Å². The molecule has 0 unspecified atom stereocenters. The van der Waals surface area contributed by atoms with Crippen LogP contribution < -0.4 is 0 Å². The van der Waals surface area contributed by atoms with Crippen molar-refractivity contribution in [3.63, 3.8) is 0 Å². The lowest BCUT2D eigenvalue weighted by Crippen LogP contribution is -1.96. The number of aromatic nitrogens is 4. The number of hydrogen-bond acceptors (Lipinski definition) is 4. The molecule has 0 aliphatic carbocycles. The summed E-state index contributed by atoms with van der Waals surface area (Å²) in [6.45, 7) is 4.88. The van der Waals surface area contributed by atoms with Gasteiger partial charge in [-0.2, -0.15) is 5.10 Å². The summed E-state index contributed by atoms with van der Waals surface area (Å²) in [4.78, 5) is 4.52. The number of benzene rings is 1. The van der Waals surface area contributed by atoms with Gasteiger partial charge in [-0.25, -0.2) is 9.67 Å². The molecular weight excluding hydrogens is 264 g/mol. The highest BCUT2D eigenvalue weighted by atomic mass is 16.5. The van der Waals surface area contributed by atoms with Crippen LogP contribution in [-0.2, 0) is 6.54 Å². The van der Waals surface area contributed by atoms with Gasteiger partial charge in [-0.1, -0.05) is 35.0 Å². The van der Waals surface area contributed by atoms with E-state index in [1.165, 1.54) is 5.56 Å². The lowest BCUT2D eigenvalue weighted by atomic mass is 10.1. The van der Waals surface area contributed by atoms with Gasteiger partial charge in [0.25, 0.3) is 0 Å². The molecule has 4 aromatic rings. The second-order valence-electron chi connectivity index (χ2n) is 5.10. The van der Waals surface area contributed by atoms with Crippen molar-refractivity contribution >= 4 is 22.0 Å². The van der Waals surface area contributed by atoms with Crippen LogP contribution in [0.4, 0.5) is 0 Å². The zero-order valence-electron chi connectivity index (χ0n) is 11.9. The number of rotatable bonds is 2. The van der Waals surface area contributed by atoms with Crippen LogP contribution in [0, 0.1) is 6.92 Å². The Balaban J connectivity index is 1.98. The van der Waals surface area contributed by atoms with Crippen LogP contribution in [0.15, 0.2) is 41.2 Å². The quantitative estimate of drug-likeness (QED) is 0.562. The summed E-state index contributed by atoms with van der Waals surface area (Å²) in [5.74, 6) is 0. The van der Waals surface area contributed by atoms with Crippen molar-refractivity contribution in [1.82, 2.24) is 19.9 Å². The molecule has 1 aromatic carbocycles. The van der Waals surface area contributed by atoms with Gasteiger partial charge in [0.2, 0.25) is 0 Å². The van der Waals surface area contributed by atoms with Crippen molar-refractivity contribution < 1.29 is 4.52 Å². The first kappa shape index (κ1) is 12.1. The third kappa shape index (κ3) is 1.74. The molecule has 0 amide bonds. The van der Waals surface area contributed by atoms with Crippen molar-refractivity contribution in [1.29, 1.82) is 0 Å². The largest absolute Gasteiger partial charge is 0.355 e.